The van der Waals surface area contributed by atoms with E-state index in [1.54, 1.807) is 13.3 Å². The zero-order valence-electron chi connectivity index (χ0n) is 19.5. The van der Waals surface area contributed by atoms with E-state index in [0.717, 1.165) is 58.7 Å². The highest BCUT2D eigenvalue weighted by molar-refractivity contribution is 8.00. The Morgan fingerprint density at radius 1 is 1.34 bits per heavy atom. The van der Waals surface area contributed by atoms with E-state index in [1.807, 2.05) is 30.3 Å². The molecule has 0 aliphatic carbocycles. The van der Waals surface area contributed by atoms with Crippen LogP contribution in [-0.2, 0) is 17.8 Å². The second-order valence-electron chi connectivity index (χ2n) is 8.85. The van der Waals surface area contributed by atoms with E-state index in [2.05, 4.69) is 25.5 Å². The van der Waals surface area contributed by atoms with Crippen LogP contribution in [0.5, 0.6) is 5.75 Å². The van der Waals surface area contributed by atoms with E-state index in [0.29, 0.717) is 29.7 Å². The largest absolute Gasteiger partial charge is 0.497 e. The molecule has 3 N–H and O–H groups in total. The van der Waals surface area contributed by atoms with Gasteiger partial charge < -0.3 is 25.4 Å². The molecular formula is C25H28ClN5O3S. The number of piperidine rings is 1. The molecular weight excluding hydrogens is 486 g/mol. The predicted octanol–water partition coefficient (Wildman–Crippen LogP) is 3.10. The summed E-state index contributed by atoms with van der Waals surface area (Å²) in [6.45, 7) is 2.80. The van der Waals surface area contributed by atoms with E-state index >= 15 is 0 Å². The van der Waals surface area contributed by atoms with Gasteiger partial charge in [0.15, 0.2) is 0 Å². The van der Waals surface area contributed by atoms with Crippen LogP contribution in [0.4, 0.5) is 5.82 Å². The lowest BCUT2D eigenvalue weighted by molar-refractivity contribution is -0.113. The fraction of sp³-hybridized carbons (Fsp3) is 0.400. The number of halogens is 1. The molecule has 184 valence electrons. The third kappa shape index (κ3) is 5.54. The van der Waals surface area contributed by atoms with E-state index < -0.39 is 6.10 Å². The number of nitrogens with one attached hydrogen (secondary N) is 2. The number of thioether (sulfide) groups is 1. The number of carbonyl (C=O) groups excluding carboxylic acids is 1. The first-order valence-corrected chi connectivity index (χ1v) is 13.0. The second-order valence-corrected chi connectivity index (χ2v) is 10.3. The summed E-state index contributed by atoms with van der Waals surface area (Å²) >= 11 is 8.01. The minimum absolute atomic E-state index is 0.0114. The molecule has 0 radical (unpaired) electrons. The molecule has 1 fully saturated rings. The van der Waals surface area contributed by atoms with Gasteiger partial charge in [0.1, 0.15) is 11.6 Å². The monoisotopic (exact) mass is 513 g/mol. The van der Waals surface area contributed by atoms with Crippen molar-refractivity contribution in [1.29, 1.82) is 0 Å². The van der Waals surface area contributed by atoms with Crippen LogP contribution in [0.15, 0.2) is 41.4 Å². The van der Waals surface area contributed by atoms with E-state index in [4.69, 9.17) is 16.3 Å². The number of ether oxygens (including phenoxy) is 1. The highest BCUT2D eigenvalue weighted by Crippen LogP contribution is 2.30. The summed E-state index contributed by atoms with van der Waals surface area (Å²) in [6.07, 6.45) is 2.81. The molecule has 1 aromatic carbocycles. The average Bonchev–Trinajstić information content (AvgIpc) is 2.87. The van der Waals surface area contributed by atoms with Gasteiger partial charge in [0.05, 0.1) is 40.1 Å². The summed E-state index contributed by atoms with van der Waals surface area (Å²) in [5, 5.41) is 18.7. The molecule has 35 heavy (non-hydrogen) atoms. The minimum Gasteiger partial charge on any atom is -0.497 e. The van der Waals surface area contributed by atoms with Gasteiger partial charge in [0.2, 0.25) is 5.91 Å². The molecule has 8 nitrogen and oxygen atoms in total. The molecule has 4 heterocycles. The summed E-state index contributed by atoms with van der Waals surface area (Å²) in [4.78, 5) is 23.9. The number of aliphatic hydroxyl groups excluding tert-OH is 1. The van der Waals surface area contributed by atoms with E-state index in [9.17, 15) is 9.90 Å². The van der Waals surface area contributed by atoms with Gasteiger partial charge in [-0.3, -0.25) is 9.78 Å². The third-order valence-electron chi connectivity index (χ3n) is 6.56. The van der Waals surface area contributed by atoms with Crippen LogP contribution in [0.25, 0.3) is 10.9 Å². The maximum Gasteiger partial charge on any atom is 0.235 e. The lowest BCUT2D eigenvalue weighted by Crippen LogP contribution is -2.52. The normalized spacial score (nSPS) is 20.5. The van der Waals surface area contributed by atoms with Crippen molar-refractivity contribution < 1.29 is 14.6 Å². The first-order chi connectivity index (χ1) is 17.0. The lowest BCUT2D eigenvalue weighted by atomic mass is 10.00. The number of amides is 1. The third-order valence-corrected chi connectivity index (χ3v) is 7.93. The second kappa shape index (κ2) is 10.7. The number of pyridine rings is 2. The van der Waals surface area contributed by atoms with Gasteiger partial charge in [0, 0.05) is 37.3 Å². The van der Waals surface area contributed by atoms with Crippen LogP contribution in [0.1, 0.15) is 17.7 Å². The number of rotatable bonds is 7. The van der Waals surface area contributed by atoms with Gasteiger partial charge in [-0.25, -0.2) is 4.98 Å². The summed E-state index contributed by atoms with van der Waals surface area (Å²) in [7, 11) is 1.65. The highest BCUT2D eigenvalue weighted by Gasteiger charge is 2.27. The van der Waals surface area contributed by atoms with Gasteiger partial charge in [-0.2, -0.15) is 0 Å². The molecule has 5 rings (SSSR count). The van der Waals surface area contributed by atoms with Crippen LogP contribution >= 0.6 is 23.4 Å². The number of anilines is 1. The molecule has 2 unspecified atom stereocenters. The summed E-state index contributed by atoms with van der Waals surface area (Å²) in [5.74, 6) is 1.80. The Morgan fingerprint density at radius 3 is 3.06 bits per heavy atom. The predicted molar refractivity (Wildman–Crippen MR) is 138 cm³/mol. The van der Waals surface area contributed by atoms with Crippen molar-refractivity contribution in [2.45, 2.75) is 36.4 Å². The fourth-order valence-corrected chi connectivity index (χ4v) is 5.63. The zero-order valence-corrected chi connectivity index (χ0v) is 21.0. The fourth-order valence-electron chi connectivity index (χ4n) is 4.63. The SMILES string of the molecule is COc1ccc2ncc(Cl)c(CCN3CCC(NCc4ccc5c(n4)NC(=O)CS5)C(O)C3)c2c1. The molecule has 2 aliphatic rings. The van der Waals surface area contributed by atoms with Gasteiger partial charge in [0.25, 0.3) is 0 Å². The number of hydrogen-bond acceptors (Lipinski definition) is 8. The Kier molecular flexibility index (Phi) is 7.40. The van der Waals surface area contributed by atoms with Crippen LogP contribution < -0.4 is 15.4 Å². The van der Waals surface area contributed by atoms with Crippen LogP contribution in [-0.4, -0.2) is 70.5 Å². The lowest BCUT2D eigenvalue weighted by Gasteiger charge is -2.36. The standard InChI is InChI=1S/C25H28ClN5O3S/c1-34-16-3-4-20-18(10-16)17(19(26)12-28-20)6-8-31-9-7-21(22(32)13-31)27-11-15-2-5-23-25(29-15)30-24(33)14-35-23/h2-5,10,12,21-22,27,32H,6-9,11,13-14H2,1H3,(H,29,30,33). The van der Waals surface area contributed by atoms with Crippen molar-refractivity contribution in [3.63, 3.8) is 0 Å². The van der Waals surface area contributed by atoms with E-state index in [1.165, 1.54) is 11.8 Å². The maximum absolute atomic E-state index is 11.6. The van der Waals surface area contributed by atoms with Crippen LogP contribution in [0.2, 0.25) is 5.02 Å². The number of carbonyl (C=O) groups is 1. The Labute approximate surface area is 213 Å². The van der Waals surface area contributed by atoms with Crippen LogP contribution in [0, 0.1) is 0 Å². The zero-order chi connectivity index (χ0) is 24.4. The quantitative estimate of drug-likeness (QED) is 0.443. The molecule has 3 aromatic rings. The van der Waals surface area contributed by atoms with Gasteiger partial charge in [-0.05, 0) is 55.3 Å². The van der Waals surface area contributed by atoms with Crippen molar-refractivity contribution >= 4 is 46.0 Å². The van der Waals surface area contributed by atoms with E-state index in [-0.39, 0.29) is 11.9 Å². The first kappa shape index (κ1) is 24.3. The molecule has 10 heteroatoms. The average molecular weight is 514 g/mol. The number of benzene rings is 1. The van der Waals surface area contributed by atoms with Crippen molar-refractivity contribution in [1.82, 2.24) is 20.2 Å². The Hall–Kier alpha value is -2.43. The number of nitrogens with zero attached hydrogens (tertiary/aromatic N) is 3. The number of fused-ring (bicyclic) bond motifs is 2. The van der Waals surface area contributed by atoms with Crippen molar-refractivity contribution in [2.75, 3.05) is 37.8 Å². The number of aliphatic hydroxyl groups is 1. The Bertz CT molecular complexity index is 1240. The summed E-state index contributed by atoms with van der Waals surface area (Å²) < 4.78 is 5.38. The highest BCUT2D eigenvalue weighted by atomic mass is 35.5. The maximum atomic E-state index is 11.6. The Balaban J connectivity index is 1.16. The van der Waals surface area contributed by atoms with Gasteiger partial charge in [-0.15, -0.1) is 11.8 Å². The topological polar surface area (TPSA) is 99.6 Å². The summed E-state index contributed by atoms with van der Waals surface area (Å²) in [5.41, 5.74) is 2.78. The molecule has 0 bridgehead atoms. The van der Waals surface area contributed by atoms with Gasteiger partial charge >= 0.3 is 0 Å². The number of methoxy groups -OCH3 is 1. The molecule has 2 aliphatic heterocycles. The van der Waals surface area contributed by atoms with Gasteiger partial charge in [-0.1, -0.05) is 11.6 Å². The number of likely N-dealkylation sites (tertiary alicyclic amines) is 1. The molecule has 0 saturated carbocycles. The molecule has 1 saturated heterocycles. The molecule has 2 atom stereocenters. The number of hydrogen-bond donors (Lipinski definition) is 3. The number of β-amino-alcohol motifs (C(OH)–C–C–N with tert-alkyl or cyclic N) is 1. The minimum atomic E-state index is -0.485. The molecule has 0 spiro atoms. The van der Waals surface area contributed by atoms with Crippen molar-refractivity contribution in [3.8, 4) is 5.75 Å². The summed E-state index contributed by atoms with van der Waals surface area (Å²) in [6, 6.07) is 9.77. The Morgan fingerprint density at radius 2 is 2.23 bits per heavy atom. The molecule has 2 aromatic heterocycles. The first-order valence-electron chi connectivity index (χ1n) is 11.7. The van der Waals surface area contributed by atoms with Crippen molar-refractivity contribution in [3.05, 3.63) is 52.8 Å². The van der Waals surface area contributed by atoms with Crippen LogP contribution in [0.3, 0.4) is 0 Å². The van der Waals surface area contributed by atoms with Crippen molar-refractivity contribution in [2.24, 2.45) is 0 Å². The molecule has 1 amide bonds. The smallest absolute Gasteiger partial charge is 0.235 e. The number of aromatic nitrogens is 2.